The average Bonchev–Trinajstić information content (AvgIpc) is 2.67. The Kier molecular flexibility index (Phi) is 4.74. The summed E-state index contributed by atoms with van der Waals surface area (Å²) in [6.45, 7) is 1.98. The zero-order chi connectivity index (χ0) is 16.9. The van der Waals surface area contributed by atoms with Crippen LogP contribution in [0.4, 0.5) is 0 Å². The highest BCUT2D eigenvalue weighted by Crippen LogP contribution is 2.20. The molecule has 0 spiro atoms. The summed E-state index contributed by atoms with van der Waals surface area (Å²) >= 11 is 0. The Balaban J connectivity index is 1.65. The molecule has 0 unspecified atom stereocenters. The van der Waals surface area contributed by atoms with Gasteiger partial charge in [0.15, 0.2) is 0 Å². The van der Waals surface area contributed by atoms with Crippen LogP contribution in [0.3, 0.4) is 0 Å². The van der Waals surface area contributed by atoms with Crippen molar-refractivity contribution in [1.82, 2.24) is 14.8 Å². The molecule has 24 heavy (non-hydrogen) atoms. The lowest BCUT2D eigenvalue weighted by Crippen LogP contribution is -2.50. The van der Waals surface area contributed by atoms with Crippen LogP contribution in [0.1, 0.15) is 20.8 Å². The first-order chi connectivity index (χ1) is 11.7. The summed E-state index contributed by atoms with van der Waals surface area (Å²) in [4.78, 5) is 32.6. The van der Waals surface area contributed by atoms with Gasteiger partial charge in [0.25, 0.3) is 11.8 Å². The molecule has 1 aromatic carbocycles. The zero-order valence-corrected chi connectivity index (χ0v) is 13.5. The molecule has 2 aromatic rings. The summed E-state index contributed by atoms with van der Waals surface area (Å²) in [7, 11) is 1.55. The predicted octanol–water partition coefficient (Wildman–Crippen LogP) is 1.69. The number of carbonyl (C=O) groups is 2. The smallest absolute Gasteiger partial charge is 0.272 e. The maximum atomic E-state index is 12.7. The number of rotatable bonds is 3. The number of methoxy groups -OCH3 is 1. The van der Waals surface area contributed by atoms with Gasteiger partial charge in [-0.15, -0.1) is 0 Å². The van der Waals surface area contributed by atoms with Crippen LogP contribution in [0.2, 0.25) is 0 Å². The number of hydrogen-bond donors (Lipinski definition) is 0. The lowest BCUT2D eigenvalue weighted by Gasteiger charge is -2.34. The Labute approximate surface area is 140 Å². The van der Waals surface area contributed by atoms with Gasteiger partial charge in [0.2, 0.25) is 0 Å². The second kappa shape index (κ2) is 7.12. The Bertz CT molecular complexity index is 725. The number of nitrogens with zero attached hydrogens (tertiary/aromatic N) is 3. The third kappa shape index (κ3) is 3.22. The number of carbonyl (C=O) groups excluding carboxylic acids is 2. The molecule has 0 N–H and O–H groups in total. The number of ether oxygens (including phenoxy) is 1. The van der Waals surface area contributed by atoms with Crippen molar-refractivity contribution in [3.63, 3.8) is 0 Å². The minimum Gasteiger partial charge on any atom is -0.496 e. The molecule has 0 atom stereocenters. The molecule has 2 amide bonds. The fourth-order valence-electron chi connectivity index (χ4n) is 2.76. The highest BCUT2D eigenvalue weighted by Gasteiger charge is 2.27. The molecule has 0 saturated carbocycles. The van der Waals surface area contributed by atoms with Crippen LogP contribution < -0.4 is 4.74 Å². The number of piperazine rings is 1. The van der Waals surface area contributed by atoms with E-state index in [1.807, 2.05) is 12.1 Å². The van der Waals surface area contributed by atoms with Crippen LogP contribution in [0.5, 0.6) is 5.75 Å². The summed E-state index contributed by atoms with van der Waals surface area (Å²) in [5.41, 5.74) is 0.978. The molecular formula is C18H19N3O3. The molecule has 6 heteroatoms. The van der Waals surface area contributed by atoms with Crippen LogP contribution in [-0.2, 0) is 0 Å². The number of aromatic nitrogens is 1. The van der Waals surface area contributed by atoms with E-state index in [0.29, 0.717) is 43.2 Å². The van der Waals surface area contributed by atoms with E-state index >= 15 is 0 Å². The molecule has 1 aliphatic rings. The fraction of sp³-hybridized carbons (Fsp3) is 0.278. The standard InChI is InChI=1S/C18H19N3O3/c1-24-16-8-3-2-6-14(16)17(22)20-10-12-21(13-11-20)18(23)15-7-4-5-9-19-15/h2-9H,10-13H2,1H3. The molecule has 0 radical (unpaired) electrons. The van der Waals surface area contributed by atoms with E-state index in [9.17, 15) is 9.59 Å². The van der Waals surface area contributed by atoms with Crippen LogP contribution in [0.25, 0.3) is 0 Å². The normalized spacial score (nSPS) is 14.4. The van der Waals surface area contributed by atoms with Gasteiger partial charge in [-0.2, -0.15) is 0 Å². The molecule has 6 nitrogen and oxygen atoms in total. The monoisotopic (exact) mass is 325 g/mol. The number of pyridine rings is 1. The molecule has 124 valence electrons. The van der Waals surface area contributed by atoms with Gasteiger partial charge in [0.1, 0.15) is 11.4 Å². The lowest BCUT2D eigenvalue weighted by molar-refractivity contribution is 0.0530. The molecule has 1 aliphatic heterocycles. The van der Waals surface area contributed by atoms with E-state index in [4.69, 9.17) is 4.74 Å². The van der Waals surface area contributed by atoms with Gasteiger partial charge in [-0.25, -0.2) is 0 Å². The highest BCUT2D eigenvalue weighted by molar-refractivity contribution is 5.97. The SMILES string of the molecule is COc1ccccc1C(=O)N1CCN(C(=O)c2ccccn2)CC1. The van der Waals surface area contributed by atoms with Crippen molar-refractivity contribution in [3.8, 4) is 5.75 Å². The van der Waals surface area contributed by atoms with Crippen LogP contribution in [0.15, 0.2) is 48.7 Å². The first-order valence-electron chi connectivity index (χ1n) is 7.83. The average molecular weight is 325 g/mol. The zero-order valence-electron chi connectivity index (χ0n) is 13.5. The Morgan fingerprint density at radius 1 is 0.917 bits per heavy atom. The molecule has 0 bridgehead atoms. The van der Waals surface area contributed by atoms with Gasteiger partial charge in [-0.05, 0) is 24.3 Å². The largest absolute Gasteiger partial charge is 0.496 e. The molecule has 2 heterocycles. The van der Waals surface area contributed by atoms with Crippen molar-refractivity contribution in [3.05, 3.63) is 59.9 Å². The van der Waals surface area contributed by atoms with Gasteiger partial charge in [-0.3, -0.25) is 14.6 Å². The molecule has 3 rings (SSSR count). The second-order valence-corrected chi connectivity index (χ2v) is 5.50. The van der Waals surface area contributed by atoms with Crippen molar-refractivity contribution in [2.45, 2.75) is 0 Å². The molecule has 1 fully saturated rings. The quantitative estimate of drug-likeness (QED) is 0.861. The van der Waals surface area contributed by atoms with Gasteiger partial charge in [0, 0.05) is 32.4 Å². The van der Waals surface area contributed by atoms with Gasteiger partial charge in [0.05, 0.1) is 12.7 Å². The Morgan fingerprint density at radius 3 is 2.17 bits per heavy atom. The first-order valence-corrected chi connectivity index (χ1v) is 7.83. The molecular weight excluding hydrogens is 306 g/mol. The number of hydrogen-bond acceptors (Lipinski definition) is 4. The fourth-order valence-corrected chi connectivity index (χ4v) is 2.76. The maximum absolute atomic E-state index is 12.7. The summed E-state index contributed by atoms with van der Waals surface area (Å²) in [6, 6.07) is 12.5. The van der Waals surface area contributed by atoms with Crippen molar-refractivity contribution in [2.75, 3.05) is 33.3 Å². The summed E-state index contributed by atoms with van der Waals surface area (Å²) in [5.74, 6) is 0.395. The molecule has 1 saturated heterocycles. The minimum atomic E-state index is -0.0972. The first kappa shape index (κ1) is 16.0. The Hall–Kier alpha value is -2.89. The number of amides is 2. The van der Waals surface area contributed by atoms with Crippen LogP contribution in [0, 0.1) is 0 Å². The van der Waals surface area contributed by atoms with E-state index in [1.54, 1.807) is 53.4 Å². The van der Waals surface area contributed by atoms with E-state index in [1.165, 1.54) is 0 Å². The van der Waals surface area contributed by atoms with Crippen molar-refractivity contribution in [2.24, 2.45) is 0 Å². The highest BCUT2D eigenvalue weighted by atomic mass is 16.5. The number of para-hydroxylation sites is 1. The van der Waals surface area contributed by atoms with E-state index in [0.717, 1.165) is 0 Å². The molecule has 0 aliphatic carbocycles. The Morgan fingerprint density at radius 2 is 1.54 bits per heavy atom. The summed E-state index contributed by atoms with van der Waals surface area (Å²) < 4.78 is 5.25. The summed E-state index contributed by atoms with van der Waals surface area (Å²) in [5, 5.41) is 0. The van der Waals surface area contributed by atoms with Gasteiger partial charge >= 0.3 is 0 Å². The third-order valence-electron chi connectivity index (χ3n) is 4.08. The van der Waals surface area contributed by atoms with Crippen molar-refractivity contribution in [1.29, 1.82) is 0 Å². The second-order valence-electron chi connectivity index (χ2n) is 5.50. The van der Waals surface area contributed by atoms with Crippen LogP contribution >= 0.6 is 0 Å². The van der Waals surface area contributed by atoms with Crippen molar-refractivity contribution >= 4 is 11.8 Å². The van der Waals surface area contributed by atoms with Crippen LogP contribution in [-0.4, -0.2) is 59.9 Å². The predicted molar refractivity (Wildman–Crippen MR) is 89.0 cm³/mol. The third-order valence-corrected chi connectivity index (χ3v) is 4.08. The van der Waals surface area contributed by atoms with Gasteiger partial charge < -0.3 is 14.5 Å². The summed E-state index contributed by atoms with van der Waals surface area (Å²) in [6.07, 6.45) is 1.61. The van der Waals surface area contributed by atoms with Gasteiger partial charge in [-0.1, -0.05) is 18.2 Å². The maximum Gasteiger partial charge on any atom is 0.272 e. The van der Waals surface area contributed by atoms with E-state index in [-0.39, 0.29) is 11.8 Å². The van der Waals surface area contributed by atoms with E-state index in [2.05, 4.69) is 4.98 Å². The van der Waals surface area contributed by atoms with Crippen molar-refractivity contribution < 1.29 is 14.3 Å². The molecule has 1 aromatic heterocycles. The topological polar surface area (TPSA) is 62.7 Å². The number of benzene rings is 1. The van der Waals surface area contributed by atoms with E-state index < -0.39 is 0 Å². The minimum absolute atomic E-state index is 0.0719. The lowest BCUT2D eigenvalue weighted by atomic mass is 10.1.